The molecule has 158 valence electrons. The number of fused-ring (bicyclic) bond motifs is 1. The molecular weight excluding hydrogens is 401 g/mol. The zero-order valence-electron chi connectivity index (χ0n) is 16.8. The van der Waals surface area contributed by atoms with Gasteiger partial charge in [-0.2, -0.15) is 0 Å². The fraction of sp³-hybridized carbons (Fsp3) is 0.182. The molecule has 8 nitrogen and oxygen atoms in total. The number of halogens is 1. The van der Waals surface area contributed by atoms with Crippen LogP contribution in [0.4, 0.5) is 4.39 Å². The number of ether oxygens (including phenoxy) is 1. The van der Waals surface area contributed by atoms with Gasteiger partial charge in [0.25, 0.3) is 0 Å². The molecule has 9 heteroatoms. The Bertz CT molecular complexity index is 1270. The number of carbonyl (C=O) groups excluding carboxylic acids is 1. The number of amides is 1. The van der Waals surface area contributed by atoms with Crippen molar-refractivity contribution >= 4 is 11.6 Å². The quantitative estimate of drug-likeness (QED) is 0.494. The van der Waals surface area contributed by atoms with Crippen molar-refractivity contribution in [3.8, 4) is 11.4 Å². The minimum Gasteiger partial charge on any atom is -0.378 e. The van der Waals surface area contributed by atoms with Crippen molar-refractivity contribution in [1.82, 2.24) is 24.5 Å². The van der Waals surface area contributed by atoms with Gasteiger partial charge in [-0.25, -0.2) is 23.3 Å². The van der Waals surface area contributed by atoms with Gasteiger partial charge in [0.1, 0.15) is 18.2 Å². The minimum atomic E-state index is -0.470. The van der Waals surface area contributed by atoms with Crippen LogP contribution in [0.5, 0.6) is 0 Å². The number of nitrogens with zero attached hydrogens (tertiary/aromatic N) is 4. The number of benzene rings is 2. The molecule has 0 spiro atoms. The predicted octanol–water partition coefficient (Wildman–Crippen LogP) is 2.16. The Balaban J connectivity index is 1.63. The Kier molecular flexibility index (Phi) is 5.85. The molecule has 0 radical (unpaired) electrons. The van der Waals surface area contributed by atoms with Crippen LogP contribution in [0.15, 0.2) is 65.5 Å². The molecule has 2 aromatic heterocycles. The molecular formula is C22H20FN5O3. The summed E-state index contributed by atoms with van der Waals surface area (Å²) in [6, 6.07) is 16.7. The molecule has 2 heterocycles. The van der Waals surface area contributed by atoms with E-state index in [0.717, 1.165) is 15.8 Å². The van der Waals surface area contributed by atoms with Gasteiger partial charge in [0.15, 0.2) is 5.65 Å². The van der Waals surface area contributed by atoms with E-state index in [1.54, 1.807) is 25.3 Å². The van der Waals surface area contributed by atoms with Gasteiger partial charge in [0.2, 0.25) is 5.91 Å². The fourth-order valence-electron chi connectivity index (χ4n) is 3.18. The van der Waals surface area contributed by atoms with Gasteiger partial charge in [-0.15, -0.1) is 5.10 Å². The Morgan fingerprint density at radius 2 is 1.87 bits per heavy atom. The molecule has 0 bridgehead atoms. The van der Waals surface area contributed by atoms with Crippen LogP contribution in [0.2, 0.25) is 0 Å². The van der Waals surface area contributed by atoms with Gasteiger partial charge >= 0.3 is 5.69 Å². The summed E-state index contributed by atoms with van der Waals surface area (Å²) in [6.07, 6.45) is 0. The molecule has 0 fully saturated rings. The smallest absolute Gasteiger partial charge is 0.352 e. The first kappa shape index (κ1) is 20.4. The molecule has 31 heavy (non-hydrogen) atoms. The highest BCUT2D eigenvalue weighted by Crippen LogP contribution is 2.18. The molecule has 2 aromatic carbocycles. The first-order valence-electron chi connectivity index (χ1n) is 9.60. The summed E-state index contributed by atoms with van der Waals surface area (Å²) >= 11 is 0. The predicted molar refractivity (Wildman–Crippen MR) is 112 cm³/mol. The average molecular weight is 421 g/mol. The van der Waals surface area contributed by atoms with Crippen molar-refractivity contribution < 1.29 is 13.9 Å². The van der Waals surface area contributed by atoms with Crippen LogP contribution in [0.3, 0.4) is 0 Å². The topological polar surface area (TPSA) is 90.5 Å². The van der Waals surface area contributed by atoms with E-state index in [1.807, 2.05) is 30.3 Å². The van der Waals surface area contributed by atoms with Crippen molar-refractivity contribution in [3.05, 3.63) is 88.2 Å². The van der Waals surface area contributed by atoms with Crippen LogP contribution >= 0.6 is 0 Å². The van der Waals surface area contributed by atoms with E-state index in [2.05, 4.69) is 15.4 Å². The summed E-state index contributed by atoms with van der Waals surface area (Å²) in [5, 5.41) is 7.02. The van der Waals surface area contributed by atoms with Crippen molar-refractivity contribution in [2.45, 2.75) is 19.7 Å². The molecule has 0 saturated carbocycles. The molecule has 0 saturated heterocycles. The average Bonchev–Trinajstić information content (AvgIpc) is 3.08. The molecule has 0 aliphatic carbocycles. The van der Waals surface area contributed by atoms with Gasteiger partial charge in [-0.3, -0.25) is 4.79 Å². The van der Waals surface area contributed by atoms with Crippen LogP contribution in [-0.2, 0) is 29.2 Å². The van der Waals surface area contributed by atoms with Crippen LogP contribution in [0.1, 0.15) is 11.3 Å². The second-order valence-electron chi connectivity index (χ2n) is 6.91. The lowest BCUT2D eigenvalue weighted by molar-refractivity contribution is -0.122. The molecule has 0 aliphatic rings. The van der Waals surface area contributed by atoms with E-state index in [0.29, 0.717) is 17.2 Å². The van der Waals surface area contributed by atoms with E-state index in [9.17, 15) is 14.0 Å². The zero-order valence-corrected chi connectivity index (χ0v) is 16.8. The third-order valence-corrected chi connectivity index (χ3v) is 4.64. The van der Waals surface area contributed by atoms with Gasteiger partial charge in [-0.1, -0.05) is 42.5 Å². The van der Waals surface area contributed by atoms with Gasteiger partial charge in [0.05, 0.1) is 12.3 Å². The standard InChI is InChI=1S/C22H20FN5O3/c1-31-14-18-11-19-26-27(13-20(29)24-12-15-7-9-17(23)10-8-15)22(30)28(19)21(25-18)16-5-3-2-4-6-16/h2-11H,12-14H2,1H3,(H,24,29). The normalized spacial score (nSPS) is 11.0. The Morgan fingerprint density at radius 3 is 2.58 bits per heavy atom. The molecule has 4 aromatic rings. The van der Waals surface area contributed by atoms with Crippen LogP contribution in [0.25, 0.3) is 17.0 Å². The molecule has 4 rings (SSSR count). The third kappa shape index (κ3) is 4.51. The highest BCUT2D eigenvalue weighted by Gasteiger charge is 2.17. The van der Waals surface area contributed by atoms with Crippen molar-refractivity contribution in [1.29, 1.82) is 0 Å². The van der Waals surface area contributed by atoms with Crippen LogP contribution < -0.4 is 11.0 Å². The van der Waals surface area contributed by atoms with Crippen LogP contribution in [-0.4, -0.2) is 32.2 Å². The second kappa shape index (κ2) is 8.88. The number of aromatic nitrogens is 4. The molecule has 0 atom stereocenters. The molecule has 1 amide bonds. The van der Waals surface area contributed by atoms with Gasteiger partial charge in [-0.05, 0) is 17.7 Å². The number of methoxy groups -OCH3 is 1. The highest BCUT2D eigenvalue weighted by atomic mass is 19.1. The number of nitrogens with one attached hydrogen (secondary N) is 1. The summed E-state index contributed by atoms with van der Waals surface area (Å²) in [7, 11) is 1.56. The van der Waals surface area contributed by atoms with E-state index in [-0.39, 0.29) is 31.4 Å². The minimum absolute atomic E-state index is 0.218. The largest absolute Gasteiger partial charge is 0.378 e. The maximum atomic E-state index is 13.0. The number of carbonyl (C=O) groups is 1. The Morgan fingerprint density at radius 1 is 1.13 bits per heavy atom. The van der Waals surface area contributed by atoms with Crippen molar-refractivity contribution in [3.63, 3.8) is 0 Å². The summed E-state index contributed by atoms with van der Waals surface area (Å²) in [4.78, 5) is 29.9. The summed E-state index contributed by atoms with van der Waals surface area (Å²) in [5.74, 6) is -0.309. The number of rotatable bonds is 7. The van der Waals surface area contributed by atoms with Crippen LogP contribution in [0, 0.1) is 5.82 Å². The van der Waals surface area contributed by atoms with Gasteiger partial charge in [0, 0.05) is 25.3 Å². The molecule has 1 N–H and O–H groups in total. The molecule has 0 unspecified atom stereocenters. The van der Waals surface area contributed by atoms with E-state index in [1.165, 1.54) is 16.5 Å². The Hall–Kier alpha value is -3.85. The van der Waals surface area contributed by atoms with Crippen molar-refractivity contribution in [2.75, 3.05) is 7.11 Å². The third-order valence-electron chi connectivity index (χ3n) is 4.64. The Labute approximate surface area is 176 Å². The maximum Gasteiger partial charge on any atom is 0.352 e. The second-order valence-corrected chi connectivity index (χ2v) is 6.91. The van der Waals surface area contributed by atoms with E-state index < -0.39 is 5.69 Å². The SMILES string of the molecule is COCc1cc2nn(CC(=O)NCc3ccc(F)cc3)c(=O)n2c(-c2ccccc2)n1. The monoisotopic (exact) mass is 421 g/mol. The maximum absolute atomic E-state index is 13.0. The van der Waals surface area contributed by atoms with E-state index >= 15 is 0 Å². The first-order valence-corrected chi connectivity index (χ1v) is 9.60. The molecule has 0 aliphatic heterocycles. The fourth-order valence-corrected chi connectivity index (χ4v) is 3.18. The lowest BCUT2D eigenvalue weighted by Crippen LogP contribution is -2.32. The van der Waals surface area contributed by atoms with Crippen molar-refractivity contribution in [2.24, 2.45) is 0 Å². The number of hydrogen-bond donors (Lipinski definition) is 1. The summed E-state index contributed by atoms with van der Waals surface area (Å²) in [5.41, 5.74) is 2.01. The highest BCUT2D eigenvalue weighted by molar-refractivity contribution is 5.75. The zero-order chi connectivity index (χ0) is 21.8. The first-order chi connectivity index (χ1) is 15.0. The summed E-state index contributed by atoms with van der Waals surface area (Å²) in [6.45, 7) is 0.223. The summed E-state index contributed by atoms with van der Waals surface area (Å²) < 4.78 is 20.7. The van der Waals surface area contributed by atoms with E-state index in [4.69, 9.17) is 4.74 Å². The number of hydrogen-bond acceptors (Lipinski definition) is 5. The lowest BCUT2D eigenvalue weighted by atomic mass is 10.2. The lowest BCUT2D eigenvalue weighted by Gasteiger charge is -2.06. The van der Waals surface area contributed by atoms with Gasteiger partial charge < -0.3 is 10.1 Å².